The van der Waals surface area contributed by atoms with E-state index in [0.717, 1.165) is 11.1 Å². The zero-order valence-corrected chi connectivity index (χ0v) is 18.4. The van der Waals surface area contributed by atoms with Gasteiger partial charge >= 0.3 is 5.91 Å². The van der Waals surface area contributed by atoms with Crippen molar-refractivity contribution < 1.29 is 23.8 Å². The molecule has 0 spiro atoms. The lowest BCUT2D eigenvalue weighted by Crippen LogP contribution is -2.29. The third-order valence-electron chi connectivity index (χ3n) is 5.27. The second kappa shape index (κ2) is 9.99. The minimum atomic E-state index is -0.418. The van der Waals surface area contributed by atoms with Crippen LogP contribution in [0.15, 0.2) is 77.5 Å². The first-order chi connectivity index (χ1) is 16.1. The molecule has 2 aromatic rings. The average Bonchev–Trinajstić information content (AvgIpc) is 2.84. The lowest BCUT2D eigenvalue weighted by molar-refractivity contribution is -0.118. The standard InChI is InChI=1S/C26H24N2O5/c1-31-22-12-9-18(15-23(22)32-2)13-14-27-25(29)19-10-7-17(8-11-19)16-24-26(30)28-20-5-3-4-6-21(20)33-24/h3-12,15-16,21H,13-14H2,1-2H3,(H,27,29)/b24-16-. The number of amides is 2. The summed E-state index contributed by atoms with van der Waals surface area (Å²) in [7, 11) is 3.18. The van der Waals surface area contributed by atoms with E-state index in [0.29, 0.717) is 35.7 Å². The van der Waals surface area contributed by atoms with Gasteiger partial charge in [0.05, 0.1) is 19.9 Å². The van der Waals surface area contributed by atoms with E-state index >= 15 is 0 Å². The Labute approximate surface area is 192 Å². The van der Waals surface area contributed by atoms with E-state index in [4.69, 9.17) is 14.2 Å². The quantitative estimate of drug-likeness (QED) is 0.661. The second-order valence-corrected chi connectivity index (χ2v) is 7.45. The highest BCUT2D eigenvalue weighted by atomic mass is 16.5. The van der Waals surface area contributed by atoms with Gasteiger partial charge in [0.25, 0.3) is 5.91 Å². The van der Waals surface area contributed by atoms with Gasteiger partial charge in [-0.05, 0) is 60.0 Å². The smallest absolute Gasteiger partial charge is 0.312 e. The molecule has 168 valence electrons. The van der Waals surface area contributed by atoms with Gasteiger partial charge in [-0.2, -0.15) is 0 Å². The first-order valence-electron chi connectivity index (χ1n) is 10.5. The van der Waals surface area contributed by atoms with Gasteiger partial charge in [-0.1, -0.05) is 30.4 Å². The number of methoxy groups -OCH3 is 2. The SMILES string of the molecule is COc1ccc(CCNC(=O)c2ccc(/C=C3\OC4C=CC=CC4=NC3=O)cc2)cc1OC. The van der Waals surface area contributed by atoms with Gasteiger partial charge in [0.2, 0.25) is 0 Å². The fourth-order valence-corrected chi connectivity index (χ4v) is 3.51. The van der Waals surface area contributed by atoms with Gasteiger partial charge in [-0.15, -0.1) is 0 Å². The molecule has 0 saturated carbocycles. The van der Waals surface area contributed by atoms with Gasteiger partial charge in [0.1, 0.15) is 0 Å². The Morgan fingerprint density at radius 2 is 1.88 bits per heavy atom. The largest absolute Gasteiger partial charge is 0.493 e. The van der Waals surface area contributed by atoms with Crippen molar-refractivity contribution in [3.8, 4) is 11.5 Å². The molecule has 0 radical (unpaired) electrons. The van der Waals surface area contributed by atoms with E-state index in [9.17, 15) is 9.59 Å². The molecule has 0 fully saturated rings. The van der Waals surface area contributed by atoms with Crippen LogP contribution < -0.4 is 14.8 Å². The molecular formula is C26H24N2O5. The molecule has 33 heavy (non-hydrogen) atoms. The third-order valence-corrected chi connectivity index (χ3v) is 5.27. The van der Waals surface area contributed by atoms with Crippen molar-refractivity contribution in [1.82, 2.24) is 5.32 Å². The molecule has 2 aromatic carbocycles. The highest BCUT2D eigenvalue weighted by molar-refractivity contribution is 6.13. The molecule has 1 aliphatic carbocycles. The van der Waals surface area contributed by atoms with Crippen LogP contribution in [0, 0.1) is 0 Å². The van der Waals surface area contributed by atoms with Crippen LogP contribution in [0.1, 0.15) is 21.5 Å². The summed E-state index contributed by atoms with van der Waals surface area (Å²) in [5.41, 5.74) is 2.90. The maximum absolute atomic E-state index is 12.5. The number of fused-ring (bicyclic) bond motifs is 1. The van der Waals surface area contributed by atoms with E-state index in [1.54, 1.807) is 50.6 Å². The summed E-state index contributed by atoms with van der Waals surface area (Å²) in [6, 6.07) is 12.6. The number of nitrogens with zero attached hydrogens (tertiary/aromatic N) is 1. The Hall–Kier alpha value is -4.13. The molecule has 4 rings (SSSR count). The Balaban J connectivity index is 1.34. The Morgan fingerprint density at radius 3 is 2.64 bits per heavy atom. The fraction of sp³-hybridized carbons (Fsp3) is 0.192. The summed E-state index contributed by atoms with van der Waals surface area (Å²) in [6.45, 7) is 0.478. The van der Waals surface area contributed by atoms with Crippen LogP contribution in [0.5, 0.6) is 11.5 Å². The molecule has 1 N–H and O–H groups in total. The van der Waals surface area contributed by atoms with Crippen molar-refractivity contribution in [2.75, 3.05) is 20.8 Å². The van der Waals surface area contributed by atoms with Crippen LogP contribution in [0.25, 0.3) is 6.08 Å². The molecule has 7 heteroatoms. The summed E-state index contributed by atoms with van der Waals surface area (Å²) >= 11 is 0. The molecular weight excluding hydrogens is 420 g/mol. The van der Waals surface area contributed by atoms with Crippen molar-refractivity contribution in [3.63, 3.8) is 0 Å². The minimum absolute atomic E-state index is 0.173. The van der Waals surface area contributed by atoms with Crippen LogP contribution in [0.2, 0.25) is 0 Å². The van der Waals surface area contributed by atoms with E-state index in [1.807, 2.05) is 36.4 Å². The van der Waals surface area contributed by atoms with Gasteiger partial charge in [0, 0.05) is 12.1 Å². The highest BCUT2D eigenvalue weighted by Crippen LogP contribution is 2.27. The van der Waals surface area contributed by atoms with Crippen molar-refractivity contribution in [2.45, 2.75) is 12.5 Å². The molecule has 1 aliphatic heterocycles. The molecule has 1 unspecified atom stereocenters. The fourth-order valence-electron chi connectivity index (χ4n) is 3.51. The number of nitrogens with one attached hydrogen (secondary N) is 1. The summed E-state index contributed by atoms with van der Waals surface area (Å²) in [6.07, 6.45) is 9.21. The van der Waals surface area contributed by atoms with Gasteiger partial charge < -0.3 is 19.5 Å². The summed E-state index contributed by atoms with van der Waals surface area (Å²) in [4.78, 5) is 28.8. The predicted octanol–water partition coefficient (Wildman–Crippen LogP) is 3.51. The van der Waals surface area contributed by atoms with Crippen LogP contribution in [0.3, 0.4) is 0 Å². The van der Waals surface area contributed by atoms with Crippen LogP contribution in [0.4, 0.5) is 0 Å². The van der Waals surface area contributed by atoms with Gasteiger partial charge in [0.15, 0.2) is 23.4 Å². The number of carbonyl (C=O) groups excluding carboxylic acids is 2. The molecule has 1 heterocycles. The minimum Gasteiger partial charge on any atom is -0.493 e. The summed E-state index contributed by atoms with van der Waals surface area (Å²) in [5, 5.41) is 2.92. The number of aliphatic imine (C=N–C) groups is 1. The number of benzene rings is 2. The first kappa shape index (κ1) is 22.1. The van der Waals surface area contributed by atoms with Gasteiger partial charge in [-0.3, -0.25) is 9.59 Å². The lowest BCUT2D eigenvalue weighted by Gasteiger charge is -2.22. The average molecular weight is 444 g/mol. The monoisotopic (exact) mass is 444 g/mol. The number of rotatable bonds is 7. The number of allylic oxidation sites excluding steroid dienone is 2. The predicted molar refractivity (Wildman–Crippen MR) is 126 cm³/mol. The Morgan fingerprint density at radius 1 is 1.09 bits per heavy atom. The van der Waals surface area contributed by atoms with Crippen molar-refractivity contribution >= 4 is 23.6 Å². The van der Waals surface area contributed by atoms with Crippen LogP contribution in [-0.4, -0.2) is 44.4 Å². The van der Waals surface area contributed by atoms with Crippen molar-refractivity contribution in [2.24, 2.45) is 4.99 Å². The van der Waals surface area contributed by atoms with E-state index in [2.05, 4.69) is 10.3 Å². The highest BCUT2D eigenvalue weighted by Gasteiger charge is 2.26. The second-order valence-electron chi connectivity index (χ2n) is 7.45. The van der Waals surface area contributed by atoms with E-state index in [-0.39, 0.29) is 17.8 Å². The molecule has 0 saturated heterocycles. The topological polar surface area (TPSA) is 86.2 Å². The number of carbonyl (C=O) groups is 2. The Kier molecular flexibility index (Phi) is 6.69. The van der Waals surface area contributed by atoms with Crippen molar-refractivity contribution in [3.05, 3.63) is 89.2 Å². The number of ether oxygens (including phenoxy) is 3. The normalized spacial score (nSPS) is 17.8. The van der Waals surface area contributed by atoms with Crippen LogP contribution >= 0.6 is 0 Å². The lowest BCUT2D eigenvalue weighted by atomic mass is 10.1. The number of hydrogen-bond acceptors (Lipinski definition) is 5. The zero-order chi connectivity index (χ0) is 23.2. The molecule has 1 atom stereocenters. The van der Waals surface area contributed by atoms with Gasteiger partial charge in [-0.25, -0.2) is 4.99 Å². The third kappa shape index (κ3) is 5.20. The van der Waals surface area contributed by atoms with E-state index in [1.165, 1.54) is 0 Å². The maximum atomic E-state index is 12.5. The summed E-state index contributed by atoms with van der Waals surface area (Å²) in [5.74, 6) is 0.909. The molecule has 0 bridgehead atoms. The van der Waals surface area contributed by atoms with E-state index < -0.39 is 5.91 Å². The molecule has 2 amide bonds. The molecule has 0 aromatic heterocycles. The Bertz CT molecular complexity index is 1180. The maximum Gasteiger partial charge on any atom is 0.312 e. The summed E-state index contributed by atoms with van der Waals surface area (Å²) < 4.78 is 16.3. The number of hydrogen-bond donors (Lipinski definition) is 1. The first-order valence-corrected chi connectivity index (χ1v) is 10.5. The van der Waals surface area contributed by atoms with Crippen LogP contribution in [-0.2, 0) is 16.0 Å². The molecule has 7 nitrogen and oxygen atoms in total. The zero-order valence-electron chi connectivity index (χ0n) is 18.4. The molecule has 2 aliphatic rings. The van der Waals surface area contributed by atoms with Crippen molar-refractivity contribution in [1.29, 1.82) is 0 Å².